The number of nitrogens with one attached hydrogen (secondary N) is 2. The van der Waals surface area contributed by atoms with Gasteiger partial charge in [0.15, 0.2) is 0 Å². The highest BCUT2D eigenvalue weighted by Crippen LogP contribution is 2.28. The molecule has 3 fully saturated rings. The number of piperazine rings is 1. The molecule has 3 heterocycles. The number of carbonyl (C=O) groups excluding carboxylic acids is 4. The van der Waals surface area contributed by atoms with Gasteiger partial charge in [-0.3, -0.25) is 14.5 Å². The number of carbonyl (C=O) groups is 4. The third-order valence-corrected chi connectivity index (χ3v) is 5.41. The molecule has 3 saturated heterocycles. The predicted molar refractivity (Wildman–Crippen MR) is 118 cm³/mol. The average Bonchev–Trinajstić information content (AvgIpc) is 3.46. The number of nitrogens with zero attached hydrogens (tertiary/aromatic N) is 3. The molecule has 1 aromatic carbocycles. The zero-order chi connectivity index (χ0) is 24.7. The van der Waals surface area contributed by atoms with Gasteiger partial charge in [0, 0.05) is 33.1 Å². The fourth-order valence-corrected chi connectivity index (χ4v) is 3.66. The molecule has 3 aliphatic heterocycles. The number of ether oxygens (including phenoxy) is 2. The maximum atomic E-state index is 14.7. The summed E-state index contributed by atoms with van der Waals surface area (Å²) in [5.41, 5.74) is 0.771. The fraction of sp³-hybridized carbons (Fsp3) is 0.524. The van der Waals surface area contributed by atoms with Crippen molar-refractivity contribution in [2.45, 2.75) is 13.0 Å². The monoisotopic (exact) mass is 481 g/mol. The molecule has 0 aromatic heterocycles. The molecule has 0 saturated carbocycles. The van der Waals surface area contributed by atoms with E-state index in [0.717, 1.165) is 0 Å². The minimum atomic E-state index is -0.585. The number of alkyl carbamates (subject to hydrolysis) is 1. The molecule has 4 amide bonds. The lowest BCUT2D eigenvalue weighted by Crippen LogP contribution is -2.49. The lowest BCUT2D eigenvalue weighted by atomic mass is 10.2. The van der Waals surface area contributed by atoms with Gasteiger partial charge in [0.05, 0.1) is 31.0 Å². The van der Waals surface area contributed by atoms with E-state index in [-0.39, 0.29) is 31.0 Å². The van der Waals surface area contributed by atoms with E-state index in [9.17, 15) is 23.6 Å². The Balaban J connectivity index is 0.000000469. The van der Waals surface area contributed by atoms with E-state index in [4.69, 9.17) is 9.84 Å². The van der Waals surface area contributed by atoms with Crippen LogP contribution in [-0.2, 0) is 19.1 Å². The minimum Gasteiger partial charge on any atom is -0.448 e. The van der Waals surface area contributed by atoms with Crippen LogP contribution in [0.4, 0.5) is 25.4 Å². The maximum Gasteiger partial charge on any atom is 0.414 e. The SMILES string of the molecule is CC(=O)NC[C@H]1CN(c2ccc(N3CCN(C(=O)CO)CC3)c(F)c2)C(=O)O1.O=C1NCCO1. The van der Waals surface area contributed by atoms with Crippen LogP contribution in [0.25, 0.3) is 0 Å². The van der Waals surface area contributed by atoms with Crippen LogP contribution in [0.15, 0.2) is 18.2 Å². The molecule has 3 N–H and O–H groups in total. The number of cyclic esters (lactones) is 2. The van der Waals surface area contributed by atoms with Crippen molar-refractivity contribution in [3.63, 3.8) is 0 Å². The highest BCUT2D eigenvalue weighted by molar-refractivity contribution is 5.90. The standard InChI is InChI=1S/C18H23FN4O5.C3H5NO2/c1-12(25)20-9-14-10-23(18(27)28-14)13-2-3-16(15(19)8-13)21-4-6-22(7-5-21)17(26)11-24;5-3-4-1-2-6-3/h2-3,8,14,24H,4-7,9-11H2,1H3,(H,20,25);1-2H2,(H,4,5)/t14-;/m0./s1. The highest BCUT2D eigenvalue weighted by Gasteiger charge is 2.33. The van der Waals surface area contributed by atoms with Gasteiger partial charge in [-0.05, 0) is 18.2 Å². The van der Waals surface area contributed by atoms with E-state index in [1.807, 2.05) is 4.90 Å². The summed E-state index contributed by atoms with van der Waals surface area (Å²) in [4.78, 5) is 49.2. The zero-order valence-corrected chi connectivity index (χ0v) is 18.8. The van der Waals surface area contributed by atoms with Crippen molar-refractivity contribution >= 4 is 35.4 Å². The maximum absolute atomic E-state index is 14.7. The van der Waals surface area contributed by atoms with Crippen LogP contribution in [0, 0.1) is 5.82 Å². The molecule has 1 aromatic rings. The summed E-state index contributed by atoms with van der Waals surface area (Å²) < 4.78 is 24.3. The number of benzene rings is 1. The number of hydrogen-bond donors (Lipinski definition) is 3. The molecule has 0 unspecified atom stereocenters. The Morgan fingerprint density at radius 3 is 2.50 bits per heavy atom. The van der Waals surface area contributed by atoms with Gasteiger partial charge >= 0.3 is 12.2 Å². The second kappa shape index (κ2) is 11.5. The largest absolute Gasteiger partial charge is 0.448 e. The molecule has 4 rings (SSSR count). The molecule has 12 nitrogen and oxygen atoms in total. The molecule has 13 heteroatoms. The van der Waals surface area contributed by atoms with Gasteiger partial charge in [-0.25, -0.2) is 14.0 Å². The second-order valence-corrected chi connectivity index (χ2v) is 7.78. The Labute approximate surface area is 195 Å². The van der Waals surface area contributed by atoms with Crippen LogP contribution < -0.4 is 20.4 Å². The first kappa shape index (κ1) is 25.0. The van der Waals surface area contributed by atoms with Gasteiger partial charge in [-0.2, -0.15) is 0 Å². The molecule has 0 bridgehead atoms. The van der Waals surface area contributed by atoms with Gasteiger partial charge in [-0.1, -0.05) is 0 Å². The summed E-state index contributed by atoms with van der Waals surface area (Å²) in [7, 11) is 0. The fourth-order valence-electron chi connectivity index (χ4n) is 3.66. The third-order valence-electron chi connectivity index (χ3n) is 5.41. The molecule has 3 aliphatic rings. The van der Waals surface area contributed by atoms with Crippen molar-refractivity contribution in [2.75, 3.05) is 68.8 Å². The van der Waals surface area contributed by atoms with Gasteiger partial charge in [0.2, 0.25) is 11.8 Å². The Morgan fingerprint density at radius 2 is 1.97 bits per heavy atom. The van der Waals surface area contributed by atoms with Crippen LogP contribution in [0.1, 0.15) is 6.92 Å². The summed E-state index contributed by atoms with van der Waals surface area (Å²) in [5.74, 6) is -1.03. The molecule has 186 valence electrons. The first-order valence-corrected chi connectivity index (χ1v) is 10.8. The summed E-state index contributed by atoms with van der Waals surface area (Å²) in [6.45, 7) is 4.18. The lowest BCUT2D eigenvalue weighted by molar-refractivity contribution is -0.134. The number of halogens is 1. The number of aliphatic hydroxyl groups is 1. The van der Waals surface area contributed by atoms with E-state index in [1.165, 1.54) is 22.8 Å². The van der Waals surface area contributed by atoms with Crippen LogP contribution in [-0.4, -0.2) is 99.1 Å². The smallest absolute Gasteiger partial charge is 0.414 e. The van der Waals surface area contributed by atoms with Crippen molar-refractivity contribution in [2.24, 2.45) is 0 Å². The summed E-state index contributed by atoms with van der Waals surface area (Å²) in [6.07, 6.45) is -1.37. The lowest BCUT2D eigenvalue weighted by Gasteiger charge is -2.36. The first-order valence-electron chi connectivity index (χ1n) is 10.8. The highest BCUT2D eigenvalue weighted by atomic mass is 19.1. The van der Waals surface area contributed by atoms with Crippen molar-refractivity contribution in [1.29, 1.82) is 0 Å². The summed E-state index contributed by atoms with van der Waals surface area (Å²) in [5, 5.41) is 14.0. The van der Waals surface area contributed by atoms with E-state index in [0.29, 0.717) is 50.7 Å². The molecular formula is C21H28FN5O7. The van der Waals surface area contributed by atoms with Gasteiger partial charge in [0.1, 0.15) is 25.1 Å². The molecule has 34 heavy (non-hydrogen) atoms. The van der Waals surface area contributed by atoms with Crippen LogP contribution in [0.5, 0.6) is 0 Å². The summed E-state index contributed by atoms with van der Waals surface area (Å²) in [6, 6.07) is 4.52. The quantitative estimate of drug-likeness (QED) is 0.519. The number of hydrogen-bond acceptors (Lipinski definition) is 8. The van der Waals surface area contributed by atoms with Gasteiger partial charge in [-0.15, -0.1) is 0 Å². The number of rotatable bonds is 5. The Kier molecular flexibility index (Phi) is 8.46. The molecule has 0 aliphatic carbocycles. The van der Waals surface area contributed by atoms with E-state index >= 15 is 0 Å². The van der Waals surface area contributed by atoms with Gasteiger partial charge in [0.25, 0.3) is 0 Å². The molecular weight excluding hydrogens is 453 g/mol. The van der Waals surface area contributed by atoms with Crippen molar-refractivity contribution in [3.8, 4) is 0 Å². The summed E-state index contributed by atoms with van der Waals surface area (Å²) >= 11 is 0. The van der Waals surface area contributed by atoms with E-state index in [2.05, 4.69) is 15.4 Å². The predicted octanol–water partition coefficient (Wildman–Crippen LogP) is -0.346. The number of anilines is 2. The molecule has 0 spiro atoms. The topological polar surface area (TPSA) is 141 Å². The first-order chi connectivity index (χ1) is 16.3. The van der Waals surface area contributed by atoms with Crippen LogP contribution in [0.2, 0.25) is 0 Å². The van der Waals surface area contributed by atoms with Crippen LogP contribution >= 0.6 is 0 Å². The van der Waals surface area contributed by atoms with Crippen molar-refractivity contribution < 1.29 is 38.1 Å². The molecule has 0 radical (unpaired) electrons. The Bertz CT molecular complexity index is 915. The van der Waals surface area contributed by atoms with Crippen molar-refractivity contribution in [1.82, 2.24) is 15.5 Å². The Hall–Kier alpha value is -3.61. The normalized spacial score (nSPS) is 19.6. The van der Waals surface area contributed by atoms with Gasteiger partial charge < -0.3 is 35.0 Å². The zero-order valence-electron chi connectivity index (χ0n) is 18.8. The second-order valence-electron chi connectivity index (χ2n) is 7.78. The van der Waals surface area contributed by atoms with Crippen LogP contribution in [0.3, 0.4) is 0 Å². The average molecular weight is 481 g/mol. The van der Waals surface area contributed by atoms with E-state index < -0.39 is 24.6 Å². The van der Waals surface area contributed by atoms with E-state index in [1.54, 1.807) is 12.1 Å². The minimum absolute atomic E-state index is 0.203. The number of amides is 4. The van der Waals surface area contributed by atoms with Crippen molar-refractivity contribution in [3.05, 3.63) is 24.0 Å². The third kappa shape index (κ3) is 6.47. The number of aliphatic hydroxyl groups excluding tert-OH is 1. The Morgan fingerprint density at radius 1 is 1.24 bits per heavy atom. The molecule has 1 atom stereocenters.